The molecule has 0 aromatic heterocycles. The third kappa shape index (κ3) is 6.57. The summed E-state index contributed by atoms with van der Waals surface area (Å²) in [6.45, 7) is 2.68. The second-order valence-electron chi connectivity index (χ2n) is 4.89. The molecule has 0 fully saturated rings. The molecule has 2 aromatic rings. The molecule has 23 heavy (non-hydrogen) atoms. The second kappa shape index (κ2) is 10.5. The van der Waals surface area contributed by atoms with Crippen molar-refractivity contribution in [1.29, 1.82) is 0 Å². The van der Waals surface area contributed by atoms with Gasteiger partial charge in [-0.05, 0) is 18.1 Å². The van der Waals surface area contributed by atoms with Crippen molar-refractivity contribution in [1.82, 2.24) is 5.32 Å². The molecule has 122 valence electrons. The lowest BCUT2D eigenvalue weighted by Crippen LogP contribution is -2.28. The number of hydrogen-bond donors (Lipinski definition) is 1. The molecule has 0 saturated carbocycles. The van der Waals surface area contributed by atoms with E-state index < -0.39 is 0 Å². The zero-order valence-electron chi connectivity index (χ0n) is 13.1. The summed E-state index contributed by atoms with van der Waals surface area (Å²) in [5.41, 5.74) is 2.30. The molecule has 0 aliphatic carbocycles. The van der Waals surface area contributed by atoms with E-state index in [0.29, 0.717) is 13.2 Å². The fraction of sp³-hybridized carbons (Fsp3) is 0.211. The van der Waals surface area contributed by atoms with E-state index in [4.69, 9.17) is 4.74 Å². The predicted octanol–water partition coefficient (Wildman–Crippen LogP) is 4.65. The van der Waals surface area contributed by atoms with Crippen molar-refractivity contribution in [3.63, 3.8) is 0 Å². The van der Waals surface area contributed by atoms with Crippen molar-refractivity contribution in [3.8, 4) is 0 Å². The minimum absolute atomic E-state index is 0. The maximum atomic E-state index is 11.5. The molecule has 1 N–H and O–H groups in total. The Labute approximate surface area is 143 Å². The van der Waals surface area contributed by atoms with Gasteiger partial charge in [-0.25, -0.2) is 4.79 Å². The third-order valence-corrected chi connectivity index (χ3v) is 3.29. The number of alkyl carbamates (subject to hydrolysis) is 1. The zero-order chi connectivity index (χ0) is 15.6. The molecule has 0 aliphatic rings. The monoisotopic (exact) mass is 331 g/mol. The molecule has 3 nitrogen and oxygen atoms in total. The van der Waals surface area contributed by atoms with Crippen molar-refractivity contribution in [2.75, 3.05) is 13.2 Å². The lowest BCUT2D eigenvalue weighted by Gasteiger charge is -2.14. The minimum atomic E-state index is -0.378. The molecule has 4 heteroatoms. The topological polar surface area (TPSA) is 38.3 Å². The van der Waals surface area contributed by atoms with Crippen LogP contribution >= 0.6 is 12.4 Å². The average Bonchev–Trinajstić information content (AvgIpc) is 2.57. The first-order chi connectivity index (χ1) is 10.8. The summed E-state index contributed by atoms with van der Waals surface area (Å²) in [5, 5.41) is 2.81. The fourth-order valence-electron chi connectivity index (χ4n) is 2.16. The van der Waals surface area contributed by atoms with E-state index in [1.54, 1.807) is 6.92 Å². The highest BCUT2D eigenvalue weighted by Crippen LogP contribution is 2.18. The Bertz CT molecular complexity index is 599. The van der Waals surface area contributed by atoms with Gasteiger partial charge in [0, 0.05) is 12.5 Å². The van der Waals surface area contributed by atoms with Crippen LogP contribution in [-0.4, -0.2) is 19.2 Å². The Kier molecular flexibility index (Phi) is 8.55. The van der Waals surface area contributed by atoms with Gasteiger partial charge in [-0.15, -0.1) is 12.4 Å². The van der Waals surface area contributed by atoms with Gasteiger partial charge in [0.05, 0.1) is 6.61 Å². The van der Waals surface area contributed by atoms with Crippen LogP contribution in [0.25, 0.3) is 6.08 Å². The van der Waals surface area contributed by atoms with Crippen molar-refractivity contribution in [2.24, 2.45) is 0 Å². The first-order valence-corrected chi connectivity index (χ1v) is 7.48. The van der Waals surface area contributed by atoms with Crippen LogP contribution < -0.4 is 5.32 Å². The van der Waals surface area contributed by atoms with E-state index in [1.165, 1.54) is 0 Å². The largest absolute Gasteiger partial charge is 0.450 e. The van der Waals surface area contributed by atoms with Crippen LogP contribution in [0.4, 0.5) is 4.79 Å². The number of hydrogen-bond acceptors (Lipinski definition) is 2. The van der Waals surface area contributed by atoms with Crippen molar-refractivity contribution >= 4 is 24.6 Å². The number of carbonyl (C=O) groups excluding carboxylic acids is 1. The Morgan fingerprint density at radius 3 is 2.30 bits per heavy atom. The molecule has 1 unspecified atom stereocenters. The van der Waals surface area contributed by atoms with Crippen LogP contribution in [0.2, 0.25) is 0 Å². The Morgan fingerprint density at radius 1 is 1.09 bits per heavy atom. The number of halogens is 1. The van der Waals surface area contributed by atoms with Gasteiger partial charge in [0.1, 0.15) is 0 Å². The Balaban J connectivity index is 0.00000264. The van der Waals surface area contributed by atoms with Gasteiger partial charge in [0.25, 0.3) is 0 Å². The summed E-state index contributed by atoms with van der Waals surface area (Å²) >= 11 is 0. The number of nitrogens with one attached hydrogen (secondary N) is 1. The summed E-state index contributed by atoms with van der Waals surface area (Å²) < 4.78 is 4.92. The standard InChI is InChI=1S/C19H21NO2.ClH/c1-2-22-19(21)20-15-18(17-11-7-4-8-12-17)14-13-16-9-5-3-6-10-16;/h3-14,18H,2,15H2,1H3,(H,20,21);1H. The van der Waals surface area contributed by atoms with Crippen LogP contribution in [0.1, 0.15) is 24.0 Å². The normalized spacial score (nSPS) is 11.5. The maximum absolute atomic E-state index is 11.5. The van der Waals surface area contributed by atoms with E-state index in [0.717, 1.165) is 11.1 Å². The maximum Gasteiger partial charge on any atom is 0.407 e. The number of carbonyl (C=O) groups is 1. The SMILES string of the molecule is CCOC(=O)NCC(C=Cc1ccccc1)c1ccccc1.Cl. The average molecular weight is 332 g/mol. The minimum Gasteiger partial charge on any atom is -0.450 e. The first kappa shape index (κ1) is 18.8. The summed E-state index contributed by atoms with van der Waals surface area (Å²) in [5.74, 6) is 0.103. The van der Waals surface area contributed by atoms with Crippen LogP contribution in [0, 0.1) is 0 Å². The highest BCUT2D eigenvalue weighted by atomic mass is 35.5. The highest BCUT2D eigenvalue weighted by Gasteiger charge is 2.10. The van der Waals surface area contributed by atoms with Crippen molar-refractivity contribution in [2.45, 2.75) is 12.8 Å². The molecular weight excluding hydrogens is 310 g/mol. The fourth-order valence-corrected chi connectivity index (χ4v) is 2.16. The van der Waals surface area contributed by atoms with Crippen LogP contribution in [0.3, 0.4) is 0 Å². The van der Waals surface area contributed by atoms with Gasteiger partial charge in [-0.3, -0.25) is 0 Å². The van der Waals surface area contributed by atoms with Gasteiger partial charge in [-0.2, -0.15) is 0 Å². The van der Waals surface area contributed by atoms with E-state index in [1.807, 2.05) is 36.4 Å². The van der Waals surface area contributed by atoms with E-state index in [-0.39, 0.29) is 24.4 Å². The molecule has 1 atom stereocenters. The smallest absolute Gasteiger partial charge is 0.407 e. The van der Waals surface area contributed by atoms with Gasteiger partial charge in [-0.1, -0.05) is 72.8 Å². The third-order valence-electron chi connectivity index (χ3n) is 3.29. The molecule has 0 saturated heterocycles. The quantitative estimate of drug-likeness (QED) is 0.836. The van der Waals surface area contributed by atoms with Crippen LogP contribution in [0.15, 0.2) is 66.7 Å². The van der Waals surface area contributed by atoms with Crippen LogP contribution in [-0.2, 0) is 4.74 Å². The second-order valence-corrected chi connectivity index (χ2v) is 4.89. The number of ether oxygens (including phenoxy) is 1. The number of amides is 1. The number of rotatable bonds is 6. The summed E-state index contributed by atoms with van der Waals surface area (Å²) in [7, 11) is 0. The number of benzene rings is 2. The van der Waals surface area contributed by atoms with E-state index in [9.17, 15) is 4.79 Å². The molecule has 1 amide bonds. The van der Waals surface area contributed by atoms with E-state index >= 15 is 0 Å². The molecule has 0 spiro atoms. The Morgan fingerprint density at radius 2 is 1.70 bits per heavy atom. The molecule has 0 radical (unpaired) electrons. The van der Waals surface area contributed by atoms with Gasteiger partial charge in [0.2, 0.25) is 0 Å². The molecule has 0 heterocycles. The lowest BCUT2D eigenvalue weighted by atomic mass is 9.97. The van der Waals surface area contributed by atoms with Gasteiger partial charge >= 0.3 is 6.09 Å². The van der Waals surface area contributed by atoms with Crippen molar-refractivity contribution < 1.29 is 9.53 Å². The van der Waals surface area contributed by atoms with Gasteiger partial charge in [0.15, 0.2) is 0 Å². The van der Waals surface area contributed by atoms with Crippen LogP contribution in [0.5, 0.6) is 0 Å². The molecule has 2 rings (SSSR count). The van der Waals surface area contributed by atoms with E-state index in [2.05, 4.69) is 41.7 Å². The van der Waals surface area contributed by atoms with Gasteiger partial charge < -0.3 is 10.1 Å². The molecule has 0 bridgehead atoms. The highest BCUT2D eigenvalue weighted by molar-refractivity contribution is 5.85. The molecule has 2 aromatic carbocycles. The Hall–Kier alpha value is -2.26. The molecule has 0 aliphatic heterocycles. The molecular formula is C19H22ClNO2. The summed E-state index contributed by atoms with van der Waals surface area (Å²) in [6.07, 6.45) is 3.80. The van der Waals surface area contributed by atoms with Crippen molar-refractivity contribution in [3.05, 3.63) is 77.9 Å². The predicted molar refractivity (Wildman–Crippen MR) is 96.9 cm³/mol. The summed E-state index contributed by atoms with van der Waals surface area (Å²) in [6, 6.07) is 20.2. The zero-order valence-corrected chi connectivity index (χ0v) is 14.0. The first-order valence-electron chi connectivity index (χ1n) is 7.48. The lowest BCUT2D eigenvalue weighted by molar-refractivity contribution is 0.152. The summed E-state index contributed by atoms with van der Waals surface area (Å²) in [4.78, 5) is 11.5.